The molecule has 1 aliphatic carbocycles. The third kappa shape index (κ3) is 8.32. The summed E-state index contributed by atoms with van der Waals surface area (Å²) in [6.07, 6.45) is 12.8. The van der Waals surface area contributed by atoms with Crippen LogP contribution >= 0.6 is 0 Å². The second-order valence-electron chi connectivity index (χ2n) is 6.95. The molecule has 0 spiro atoms. The number of rotatable bonds is 7. The van der Waals surface area contributed by atoms with Gasteiger partial charge in [0, 0.05) is 0 Å². The van der Waals surface area contributed by atoms with Crippen molar-refractivity contribution < 1.29 is 19.8 Å². The summed E-state index contributed by atoms with van der Waals surface area (Å²) < 4.78 is 0. The van der Waals surface area contributed by atoms with E-state index < -0.39 is 11.9 Å². The average Bonchev–Trinajstić information content (AvgIpc) is 2.65. The molecule has 144 valence electrons. The number of carboxylic acid groups (broad SMARTS) is 2. The van der Waals surface area contributed by atoms with Gasteiger partial charge in [0.25, 0.3) is 0 Å². The van der Waals surface area contributed by atoms with Gasteiger partial charge in [0.2, 0.25) is 0 Å². The van der Waals surface area contributed by atoms with Gasteiger partial charge in [0.1, 0.15) is 0 Å². The van der Waals surface area contributed by atoms with Gasteiger partial charge in [0.15, 0.2) is 0 Å². The van der Waals surface area contributed by atoms with Crippen LogP contribution in [-0.4, -0.2) is 22.2 Å². The van der Waals surface area contributed by atoms with Crippen LogP contribution in [0.3, 0.4) is 0 Å². The maximum Gasteiger partial charge on any atom is 0.335 e. The normalized spacial score (nSPS) is 19.6. The number of carboxylic acids is 2. The second kappa shape index (κ2) is 12.3. The third-order valence-electron chi connectivity index (χ3n) is 4.78. The third-order valence-corrected chi connectivity index (χ3v) is 4.78. The van der Waals surface area contributed by atoms with Gasteiger partial charge in [-0.15, -0.1) is 0 Å². The second-order valence-corrected chi connectivity index (χ2v) is 6.95. The molecule has 1 aliphatic rings. The zero-order chi connectivity index (χ0) is 19.4. The fourth-order valence-corrected chi connectivity index (χ4v) is 3.30. The summed E-state index contributed by atoms with van der Waals surface area (Å²) in [6, 6.07) is 6.89. The van der Waals surface area contributed by atoms with Crippen LogP contribution in [0.5, 0.6) is 0 Å². The molecule has 0 heterocycles. The van der Waals surface area contributed by atoms with Gasteiger partial charge in [-0.05, 0) is 42.9 Å². The zero-order valence-electron chi connectivity index (χ0n) is 16.0. The lowest BCUT2D eigenvalue weighted by molar-refractivity contribution is -0.143. The number of benzene rings is 1. The Morgan fingerprint density at radius 2 is 1.96 bits per heavy atom. The molecule has 0 aromatic heterocycles. The monoisotopic (exact) mass is 360 g/mol. The van der Waals surface area contributed by atoms with Crippen LogP contribution in [0.15, 0.2) is 30.3 Å². The predicted molar refractivity (Wildman–Crippen MR) is 105 cm³/mol. The van der Waals surface area contributed by atoms with Crippen molar-refractivity contribution in [3.63, 3.8) is 0 Å². The minimum absolute atomic E-state index is 0.0457. The van der Waals surface area contributed by atoms with Crippen LogP contribution in [0.4, 0.5) is 0 Å². The van der Waals surface area contributed by atoms with Gasteiger partial charge in [-0.25, -0.2) is 4.79 Å². The van der Waals surface area contributed by atoms with E-state index in [1.807, 2.05) is 25.1 Å². The summed E-state index contributed by atoms with van der Waals surface area (Å²) in [7, 11) is 0. The van der Waals surface area contributed by atoms with Crippen LogP contribution < -0.4 is 0 Å². The topological polar surface area (TPSA) is 74.6 Å². The van der Waals surface area contributed by atoms with Gasteiger partial charge < -0.3 is 10.2 Å². The van der Waals surface area contributed by atoms with E-state index in [0.717, 1.165) is 31.2 Å². The number of hydrogen-bond donors (Lipinski definition) is 2. The lowest BCUT2D eigenvalue weighted by Gasteiger charge is -2.26. The van der Waals surface area contributed by atoms with Crippen molar-refractivity contribution in [1.82, 2.24) is 0 Å². The lowest BCUT2D eigenvalue weighted by atomic mass is 9.79. The molecule has 2 atom stereocenters. The van der Waals surface area contributed by atoms with Crippen molar-refractivity contribution >= 4 is 18.0 Å². The van der Waals surface area contributed by atoms with Gasteiger partial charge in [-0.3, -0.25) is 4.79 Å². The molecule has 1 aromatic carbocycles. The summed E-state index contributed by atoms with van der Waals surface area (Å²) in [6.45, 7) is 4.23. The zero-order valence-corrected chi connectivity index (χ0v) is 16.0. The van der Waals surface area contributed by atoms with E-state index in [9.17, 15) is 9.59 Å². The Bertz CT molecular complexity index is 592. The van der Waals surface area contributed by atoms with Gasteiger partial charge in [-0.1, -0.05) is 70.2 Å². The highest BCUT2D eigenvalue weighted by Gasteiger charge is 2.26. The molecular formula is C22H32O4. The number of hydrogen-bond acceptors (Lipinski definition) is 2. The standard InChI is InChI=1S/C11H20O2.C11H12O2/c2*1-2-3-5-9-6-4-7-10(8-9)11(12)13/h9-10H,2-8H2,1H3,(H,12,13);3-8H,2H2,1H3,(H,12,13). The van der Waals surface area contributed by atoms with Crippen molar-refractivity contribution in [2.75, 3.05) is 0 Å². The molecule has 0 amide bonds. The molecule has 1 aromatic rings. The molecule has 0 radical (unpaired) electrons. The summed E-state index contributed by atoms with van der Waals surface area (Å²) in [5, 5.41) is 17.6. The lowest BCUT2D eigenvalue weighted by Crippen LogP contribution is -2.22. The fourth-order valence-electron chi connectivity index (χ4n) is 3.30. The Morgan fingerprint density at radius 3 is 2.58 bits per heavy atom. The Labute approximate surface area is 156 Å². The highest BCUT2D eigenvalue weighted by molar-refractivity contribution is 5.88. The molecule has 2 N–H and O–H groups in total. The minimum Gasteiger partial charge on any atom is -0.481 e. The maximum atomic E-state index is 10.8. The number of allylic oxidation sites excluding steroid dienone is 1. The number of aliphatic carboxylic acids is 1. The first-order valence-electron chi connectivity index (χ1n) is 9.70. The van der Waals surface area contributed by atoms with E-state index in [1.165, 1.54) is 25.7 Å². The first-order valence-corrected chi connectivity index (χ1v) is 9.70. The maximum absolute atomic E-state index is 10.8. The van der Waals surface area contributed by atoms with Crippen LogP contribution in [0.25, 0.3) is 6.08 Å². The number of unbranched alkanes of at least 4 members (excludes halogenated alkanes) is 1. The molecule has 0 aliphatic heterocycles. The highest BCUT2D eigenvalue weighted by atomic mass is 16.4. The summed E-state index contributed by atoms with van der Waals surface area (Å²) in [5.74, 6) is -0.821. The van der Waals surface area contributed by atoms with E-state index in [0.29, 0.717) is 11.5 Å². The van der Waals surface area contributed by atoms with Gasteiger partial charge >= 0.3 is 11.9 Å². The fraction of sp³-hybridized carbons (Fsp3) is 0.545. The minimum atomic E-state index is -0.883. The molecule has 26 heavy (non-hydrogen) atoms. The van der Waals surface area contributed by atoms with Crippen molar-refractivity contribution in [3.05, 3.63) is 41.5 Å². The molecule has 2 unspecified atom stereocenters. The van der Waals surface area contributed by atoms with Crippen LogP contribution in [0, 0.1) is 11.8 Å². The van der Waals surface area contributed by atoms with E-state index in [-0.39, 0.29) is 5.92 Å². The Hall–Kier alpha value is -2.10. The first kappa shape index (κ1) is 21.9. The van der Waals surface area contributed by atoms with Crippen molar-refractivity contribution in [1.29, 1.82) is 0 Å². The molecular weight excluding hydrogens is 328 g/mol. The SMILES string of the molecule is CCC=Cc1cccc(C(=O)O)c1.CCCCC1CCCC(C(=O)O)C1. The predicted octanol–water partition coefficient (Wildman–Crippen LogP) is 5.88. The molecule has 0 saturated heterocycles. The summed E-state index contributed by atoms with van der Waals surface area (Å²) >= 11 is 0. The largest absolute Gasteiger partial charge is 0.481 e. The van der Waals surface area contributed by atoms with Crippen LogP contribution in [-0.2, 0) is 4.79 Å². The van der Waals surface area contributed by atoms with Gasteiger partial charge in [-0.2, -0.15) is 0 Å². The van der Waals surface area contributed by atoms with Gasteiger partial charge in [0.05, 0.1) is 11.5 Å². The highest BCUT2D eigenvalue weighted by Crippen LogP contribution is 2.32. The number of aromatic carboxylic acids is 1. The van der Waals surface area contributed by atoms with E-state index in [1.54, 1.807) is 18.2 Å². The molecule has 1 fully saturated rings. The molecule has 2 rings (SSSR count). The number of carbonyl (C=O) groups is 2. The smallest absolute Gasteiger partial charge is 0.335 e. The summed E-state index contributed by atoms with van der Waals surface area (Å²) in [4.78, 5) is 21.4. The Morgan fingerprint density at radius 1 is 1.19 bits per heavy atom. The van der Waals surface area contributed by atoms with Crippen molar-refractivity contribution in [3.8, 4) is 0 Å². The van der Waals surface area contributed by atoms with Crippen LogP contribution in [0.1, 0.15) is 81.1 Å². The van der Waals surface area contributed by atoms with Crippen molar-refractivity contribution in [2.24, 2.45) is 11.8 Å². The van der Waals surface area contributed by atoms with E-state index in [2.05, 4.69) is 6.92 Å². The summed E-state index contributed by atoms with van der Waals surface area (Å²) in [5.41, 5.74) is 1.26. The van der Waals surface area contributed by atoms with Crippen LogP contribution in [0.2, 0.25) is 0 Å². The first-order chi connectivity index (χ1) is 12.5. The van der Waals surface area contributed by atoms with E-state index in [4.69, 9.17) is 10.2 Å². The average molecular weight is 360 g/mol. The molecule has 0 bridgehead atoms. The molecule has 4 heteroatoms. The quantitative estimate of drug-likeness (QED) is 0.637. The molecule has 4 nitrogen and oxygen atoms in total. The van der Waals surface area contributed by atoms with Crippen molar-refractivity contribution in [2.45, 2.75) is 65.2 Å². The molecule has 1 saturated carbocycles. The Kier molecular flexibility index (Phi) is 10.4. The Balaban J connectivity index is 0.000000260. The van der Waals surface area contributed by atoms with E-state index >= 15 is 0 Å².